The third kappa shape index (κ3) is 3.95. The van der Waals surface area contributed by atoms with Crippen molar-refractivity contribution in [3.8, 4) is 5.69 Å². The minimum Gasteiger partial charge on any atom is -0.356 e. The van der Waals surface area contributed by atoms with E-state index in [2.05, 4.69) is 47.8 Å². The minimum absolute atomic E-state index is 0.0103. The highest BCUT2D eigenvalue weighted by Gasteiger charge is 2.26. The van der Waals surface area contributed by atoms with E-state index >= 15 is 0 Å². The summed E-state index contributed by atoms with van der Waals surface area (Å²) in [6.07, 6.45) is 5.05. The molecular weight excluding hydrogens is 328 g/mol. The standard InChI is InChI=1S/C20H26N4O2/c1-13-7-8-16(11-14(13)2)24-19-6-4-5-18(17(19)12-22-24)23-20(26)9-10-21-15(3)25/h7-8,11-12,18H,4-6,9-10H2,1-3H3,(H,21,25)(H,23,26)/t18-/m1/s1. The molecule has 0 bridgehead atoms. The molecule has 2 N–H and O–H groups in total. The lowest BCUT2D eigenvalue weighted by molar-refractivity contribution is -0.122. The molecule has 138 valence electrons. The summed E-state index contributed by atoms with van der Waals surface area (Å²) in [4.78, 5) is 23.1. The zero-order chi connectivity index (χ0) is 18.7. The van der Waals surface area contributed by atoms with E-state index in [0.29, 0.717) is 6.54 Å². The van der Waals surface area contributed by atoms with Crippen LogP contribution in [0.5, 0.6) is 0 Å². The number of hydrogen-bond acceptors (Lipinski definition) is 3. The maximum absolute atomic E-state index is 12.2. The van der Waals surface area contributed by atoms with Crippen LogP contribution < -0.4 is 10.6 Å². The minimum atomic E-state index is -0.118. The summed E-state index contributed by atoms with van der Waals surface area (Å²) < 4.78 is 2.00. The normalized spacial score (nSPS) is 16.0. The fourth-order valence-corrected chi connectivity index (χ4v) is 3.41. The Balaban J connectivity index is 1.74. The largest absolute Gasteiger partial charge is 0.356 e. The maximum atomic E-state index is 12.2. The van der Waals surface area contributed by atoms with Gasteiger partial charge >= 0.3 is 0 Å². The Bertz CT molecular complexity index is 825. The summed E-state index contributed by atoms with van der Waals surface area (Å²) in [6, 6.07) is 6.34. The first-order valence-corrected chi connectivity index (χ1v) is 9.14. The van der Waals surface area contributed by atoms with Gasteiger partial charge in [0.25, 0.3) is 0 Å². The van der Waals surface area contributed by atoms with Gasteiger partial charge in [0.1, 0.15) is 0 Å². The number of benzene rings is 1. The van der Waals surface area contributed by atoms with E-state index in [0.717, 1.165) is 30.5 Å². The number of aromatic nitrogens is 2. The molecule has 3 rings (SSSR count). The zero-order valence-corrected chi connectivity index (χ0v) is 15.6. The highest BCUT2D eigenvalue weighted by molar-refractivity contribution is 5.78. The van der Waals surface area contributed by atoms with Crippen LogP contribution in [0.2, 0.25) is 0 Å². The Morgan fingerprint density at radius 2 is 2.08 bits per heavy atom. The molecule has 1 heterocycles. The SMILES string of the molecule is CC(=O)NCCC(=O)N[C@@H]1CCCc2c1cnn2-c1ccc(C)c(C)c1. The second-order valence-corrected chi connectivity index (χ2v) is 6.97. The fraction of sp³-hybridized carbons (Fsp3) is 0.450. The molecule has 0 aliphatic heterocycles. The third-order valence-corrected chi connectivity index (χ3v) is 4.98. The molecule has 6 nitrogen and oxygen atoms in total. The van der Waals surface area contributed by atoms with Crippen LogP contribution >= 0.6 is 0 Å². The molecule has 0 saturated carbocycles. The van der Waals surface area contributed by atoms with Gasteiger partial charge in [0.15, 0.2) is 0 Å². The van der Waals surface area contributed by atoms with E-state index in [1.807, 2.05) is 10.9 Å². The average Bonchev–Trinajstić information content (AvgIpc) is 3.02. The van der Waals surface area contributed by atoms with Gasteiger partial charge in [0.2, 0.25) is 11.8 Å². The second kappa shape index (κ2) is 7.72. The van der Waals surface area contributed by atoms with Gasteiger partial charge in [-0.15, -0.1) is 0 Å². The molecule has 26 heavy (non-hydrogen) atoms. The Labute approximate surface area is 154 Å². The van der Waals surface area contributed by atoms with Crippen LogP contribution in [0.1, 0.15) is 54.6 Å². The molecule has 0 unspecified atom stereocenters. The van der Waals surface area contributed by atoms with E-state index in [9.17, 15) is 9.59 Å². The number of fused-ring (bicyclic) bond motifs is 1. The van der Waals surface area contributed by atoms with Gasteiger partial charge in [-0.1, -0.05) is 6.07 Å². The second-order valence-electron chi connectivity index (χ2n) is 6.97. The highest BCUT2D eigenvalue weighted by atomic mass is 16.2. The summed E-state index contributed by atoms with van der Waals surface area (Å²) in [6.45, 7) is 6.02. The van der Waals surface area contributed by atoms with E-state index in [-0.39, 0.29) is 24.3 Å². The van der Waals surface area contributed by atoms with Crippen LogP contribution in [0.25, 0.3) is 5.69 Å². The lowest BCUT2D eigenvalue weighted by Gasteiger charge is -2.24. The molecule has 6 heteroatoms. The lowest BCUT2D eigenvalue weighted by atomic mass is 9.92. The Morgan fingerprint density at radius 1 is 1.27 bits per heavy atom. The van der Waals surface area contributed by atoms with Gasteiger partial charge in [-0.2, -0.15) is 5.10 Å². The summed E-state index contributed by atoms with van der Waals surface area (Å²) in [5, 5.41) is 10.3. The van der Waals surface area contributed by atoms with Crippen molar-refractivity contribution in [3.63, 3.8) is 0 Å². The van der Waals surface area contributed by atoms with E-state index in [4.69, 9.17) is 0 Å². The van der Waals surface area contributed by atoms with Crippen molar-refractivity contribution >= 4 is 11.8 Å². The van der Waals surface area contributed by atoms with Crippen molar-refractivity contribution in [2.24, 2.45) is 0 Å². The predicted octanol–water partition coefficient (Wildman–Crippen LogP) is 2.51. The van der Waals surface area contributed by atoms with Crippen LogP contribution in [0.4, 0.5) is 0 Å². The van der Waals surface area contributed by atoms with Crippen molar-refractivity contribution in [1.29, 1.82) is 0 Å². The first-order chi connectivity index (χ1) is 12.5. The molecule has 1 aromatic carbocycles. The van der Waals surface area contributed by atoms with Crippen LogP contribution in [-0.4, -0.2) is 28.1 Å². The topological polar surface area (TPSA) is 76.0 Å². The van der Waals surface area contributed by atoms with Crippen molar-refractivity contribution < 1.29 is 9.59 Å². The van der Waals surface area contributed by atoms with Gasteiger partial charge < -0.3 is 10.6 Å². The van der Waals surface area contributed by atoms with Gasteiger partial charge in [-0.05, 0) is 56.4 Å². The van der Waals surface area contributed by atoms with Crippen molar-refractivity contribution in [3.05, 3.63) is 46.8 Å². The van der Waals surface area contributed by atoms with Crippen LogP contribution in [-0.2, 0) is 16.0 Å². The van der Waals surface area contributed by atoms with Gasteiger partial charge in [-0.3, -0.25) is 9.59 Å². The molecule has 1 aromatic heterocycles. The number of carbonyl (C=O) groups excluding carboxylic acids is 2. The molecule has 2 aromatic rings. The molecule has 1 atom stereocenters. The Morgan fingerprint density at radius 3 is 2.81 bits per heavy atom. The molecule has 0 spiro atoms. The van der Waals surface area contributed by atoms with Crippen LogP contribution in [0, 0.1) is 13.8 Å². The summed E-state index contributed by atoms with van der Waals surface area (Å²) in [7, 11) is 0. The number of amides is 2. The molecule has 1 aliphatic carbocycles. The molecule has 0 radical (unpaired) electrons. The fourth-order valence-electron chi connectivity index (χ4n) is 3.41. The summed E-state index contributed by atoms with van der Waals surface area (Å²) in [5.74, 6) is -0.164. The number of nitrogens with zero attached hydrogens (tertiary/aromatic N) is 2. The van der Waals surface area contributed by atoms with Crippen molar-refractivity contribution in [2.75, 3.05) is 6.54 Å². The zero-order valence-electron chi connectivity index (χ0n) is 15.6. The van der Waals surface area contributed by atoms with Crippen molar-refractivity contribution in [1.82, 2.24) is 20.4 Å². The highest BCUT2D eigenvalue weighted by Crippen LogP contribution is 2.31. The van der Waals surface area contributed by atoms with E-state index < -0.39 is 0 Å². The predicted molar refractivity (Wildman–Crippen MR) is 100 cm³/mol. The van der Waals surface area contributed by atoms with Crippen LogP contribution in [0.3, 0.4) is 0 Å². The van der Waals surface area contributed by atoms with E-state index in [1.54, 1.807) is 0 Å². The van der Waals surface area contributed by atoms with Gasteiger partial charge in [0, 0.05) is 31.1 Å². The number of nitrogens with one attached hydrogen (secondary N) is 2. The van der Waals surface area contributed by atoms with Crippen LogP contribution in [0.15, 0.2) is 24.4 Å². The first-order valence-electron chi connectivity index (χ1n) is 9.14. The van der Waals surface area contributed by atoms with Gasteiger partial charge in [-0.25, -0.2) is 4.68 Å². The molecule has 2 amide bonds. The number of hydrogen-bond donors (Lipinski definition) is 2. The third-order valence-electron chi connectivity index (χ3n) is 4.98. The first kappa shape index (κ1) is 18.2. The monoisotopic (exact) mass is 354 g/mol. The molecule has 1 aliphatic rings. The number of carbonyl (C=O) groups is 2. The number of rotatable bonds is 5. The average molecular weight is 354 g/mol. The van der Waals surface area contributed by atoms with E-state index in [1.165, 1.54) is 23.7 Å². The smallest absolute Gasteiger partial charge is 0.222 e. The lowest BCUT2D eigenvalue weighted by Crippen LogP contribution is -2.33. The molecule has 0 fully saturated rings. The molecular formula is C20H26N4O2. The quantitative estimate of drug-likeness (QED) is 0.866. The summed E-state index contributed by atoms with van der Waals surface area (Å²) >= 11 is 0. The summed E-state index contributed by atoms with van der Waals surface area (Å²) in [5.41, 5.74) is 5.84. The van der Waals surface area contributed by atoms with Gasteiger partial charge in [0.05, 0.1) is 17.9 Å². The molecule has 0 saturated heterocycles. The maximum Gasteiger partial charge on any atom is 0.222 e. The van der Waals surface area contributed by atoms with Crippen molar-refractivity contribution in [2.45, 2.75) is 52.5 Å². The Hall–Kier alpha value is -2.63. The Kier molecular flexibility index (Phi) is 5.40. The number of aryl methyl sites for hydroxylation is 2.